The third-order valence-corrected chi connectivity index (χ3v) is 4.20. The second kappa shape index (κ2) is 5.62. The van der Waals surface area contributed by atoms with Crippen molar-refractivity contribution >= 4 is 17.5 Å². The molecule has 1 aliphatic carbocycles. The molecule has 1 heterocycles. The lowest BCUT2D eigenvalue weighted by Gasteiger charge is -2.33. The topological polar surface area (TPSA) is 89.9 Å². The molecule has 1 N–H and O–H groups in total. The molecule has 0 radical (unpaired) electrons. The molecule has 1 aliphatic heterocycles. The molecule has 0 saturated carbocycles. The van der Waals surface area contributed by atoms with Crippen molar-refractivity contribution < 1.29 is 29.0 Å². The zero-order chi connectivity index (χ0) is 16.7. The van der Waals surface area contributed by atoms with Crippen LogP contribution in [0.3, 0.4) is 0 Å². The Labute approximate surface area is 132 Å². The molecule has 0 aromatic heterocycles. The van der Waals surface area contributed by atoms with E-state index in [9.17, 15) is 14.4 Å². The van der Waals surface area contributed by atoms with Crippen molar-refractivity contribution in [1.82, 2.24) is 0 Å². The largest absolute Gasteiger partial charge is 0.496 e. The number of methoxy groups -OCH3 is 1. The van der Waals surface area contributed by atoms with E-state index in [0.717, 1.165) is 0 Å². The van der Waals surface area contributed by atoms with Crippen LogP contribution in [-0.4, -0.2) is 42.0 Å². The number of rotatable bonds is 3. The lowest BCUT2D eigenvalue weighted by atomic mass is 9.78. The number of benzene rings is 1. The molecule has 23 heavy (non-hydrogen) atoms. The van der Waals surface area contributed by atoms with E-state index in [-0.39, 0.29) is 30.0 Å². The summed E-state index contributed by atoms with van der Waals surface area (Å²) >= 11 is 0. The molecule has 1 aromatic rings. The van der Waals surface area contributed by atoms with E-state index >= 15 is 0 Å². The Bertz CT molecular complexity index is 745. The summed E-state index contributed by atoms with van der Waals surface area (Å²) in [6.07, 6.45) is -1.30. The van der Waals surface area contributed by atoms with Crippen molar-refractivity contribution in [3.63, 3.8) is 0 Å². The summed E-state index contributed by atoms with van der Waals surface area (Å²) in [4.78, 5) is 36.5. The van der Waals surface area contributed by atoms with Gasteiger partial charge in [-0.1, -0.05) is 12.1 Å². The molecule has 0 unspecified atom stereocenters. The number of carbonyl (C=O) groups excluding carboxylic acids is 2. The summed E-state index contributed by atoms with van der Waals surface area (Å²) in [5.74, 6) is -1.18. The van der Waals surface area contributed by atoms with Crippen molar-refractivity contribution in [3.05, 3.63) is 40.5 Å². The van der Waals surface area contributed by atoms with Gasteiger partial charge in [-0.25, -0.2) is 0 Å². The quantitative estimate of drug-likeness (QED) is 0.917. The highest BCUT2D eigenvalue weighted by Gasteiger charge is 2.41. The fourth-order valence-electron chi connectivity index (χ4n) is 3.26. The van der Waals surface area contributed by atoms with Gasteiger partial charge in [0.25, 0.3) is 0 Å². The summed E-state index contributed by atoms with van der Waals surface area (Å²) in [7, 11) is 1.45. The van der Waals surface area contributed by atoms with Crippen LogP contribution in [0.5, 0.6) is 5.75 Å². The van der Waals surface area contributed by atoms with E-state index in [1.54, 1.807) is 25.1 Å². The fraction of sp³-hybridized carbons (Fsp3) is 0.353. The van der Waals surface area contributed by atoms with Crippen LogP contribution in [0, 0.1) is 0 Å². The van der Waals surface area contributed by atoms with Gasteiger partial charge in [-0.2, -0.15) is 0 Å². The van der Waals surface area contributed by atoms with Crippen LogP contribution >= 0.6 is 0 Å². The maximum Gasteiger partial charge on any atom is 0.305 e. The number of Topliss-reactive ketones (excluding diaryl/α,β-unsaturated/α-hetero) is 2. The Morgan fingerprint density at radius 3 is 2.74 bits per heavy atom. The number of carboxylic acids is 1. The summed E-state index contributed by atoms with van der Waals surface area (Å²) < 4.78 is 10.8. The van der Waals surface area contributed by atoms with Crippen LogP contribution in [0.2, 0.25) is 0 Å². The number of ether oxygens (including phenoxy) is 2. The molecule has 120 valence electrons. The van der Waals surface area contributed by atoms with E-state index in [4.69, 9.17) is 14.6 Å². The highest BCUT2D eigenvalue weighted by Crippen LogP contribution is 2.39. The molecule has 3 rings (SSSR count). The summed E-state index contributed by atoms with van der Waals surface area (Å²) in [5.41, 5.74) is 1.23. The molecule has 2 atom stereocenters. The van der Waals surface area contributed by atoms with Gasteiger partial charge in [0, 0.05) is 23.1 Å². The Morgan fingerprint density at radius 1 is 1.35 bits per heavy atom. The molecule has 0 spiro atoms. The van der Waals surface area contributed by atoms with Crippen LogP contribution in [0.1, 0.15) is 40.5 Å². The van der Waals surface area contributed by atoms with Gasteiger partial charge < -0.3 is 14.6 Å². The first-order chi connectivity index (χ1) is 10.9. The number of carboxylic acid groups (broad SMARTS) is 1. The number of carbonyl (C=O) groups is 3. The van der Waals surface area contributed by atoms with Crippen LogP contribution < -0.4 is 4.74 Å². The molecule has 6 nitrogen and oxygen atoms in total. The Kier molecular flexibility index (Phi) is 3.77. The van der Waals surface area contributed by atoms with Crippen LogP contribution in [0.4, 0.5) is 0 Å². The Hall–Kier alpha value is -2.47. The zero-order valence-corrected chi connectivity index (χ0v) is 12.8. The summed E-state index contributed by atoms with van der Waals surface area (Å²) in [5, 5.41) is 8.93. The second-order valence-corrected chi connectivity index (χ2v) is 5.64. The maximum absolute atomic E-state index is 12.8. The fourth-order valence-corrected chi connectivity index (χ4v) is 3.26. The van der Waals surface area contributed by atoms with Crippen molar-refractivity contribution in [1.29, 1.82) is 0 Å². The molecule has 0 saturated heterocycles. The van der Waals surface area contributed by atoms with Gasteiger partial charge in [0.2, 0.25) is 0 Å². The molecular formula is C17H16O6. The van der Waals surface area contributed by atoms with Crippen LogP contribution in [0.15, 0.2) is 29.3 Å². The van der Waals surface area contributed by atoms with Crippen LogP contribution in [0.25, 0.3) is 0 Å². The second-order valence-electron chi connectivity index (χ2n) is 5.64. The minimum Gasteiger partial charge on any atom is -0.496 e. The Balaban J connectivity index is 2.08. The Morgan fingerprint density at radius 2 is 2.09 bits per heavy atom. The van der Waals surface area contributed by atoms with Gasteiger partial charge in [0.15, 0.2) is 11.6 Å². The lowest BCUT2D eigenvalue weighted by molar-refractivity contribution is -0.141. The summed E-state index contributed by atoms with van der Waals surface area (Å²) in [6, 6.07) is 4.89. The summed E-state index contributed by atoms with van der Waals surface area (Å²) in [6.45, 7) is 1.66. The standard InChI is InChI=1S/C17H16O6/c1-8-14-11(6-9(23-8)7-13(18)19)16(20)10-4-3-5-12(22-2)15(10)17(14)21/h3-5,8-9H,6-7H2,1-2H3,(H,18,19)/t8-,9+/m0/s1. The van der Waals surface area contributed by atoms with E-state index in [0.29, 0.717) is 22.5 Å². The van der Waals surface area contributed by atoms with E-state index in [2.05, 4.69) is 0 Å². The predicted molar refractivity (Wildman–Crippen MR) is 79.9 cm³/mol. The number of ketones is 2. The van der Waals surface area contributed by atoms with E-state index in [1.807, 2.05) is 0 Å². The highest BCUT2D eigenvalue weighted by atomic mass is 16.5. The van der Waals surface area contributed by atoms with Gasteiger partial charge in [-0.15, -0.1) is 0 Å². The van der Waals surface area contributed by atoms with Crippen molar-refractivity contribution in [2.45, 2.75) is 32.0 Å². The molecule has 0 fully saturated rings. The number of fused-ring (bicyclic) bond motifs is 1. The maximum atomic E-state index is 12.8. The predicted octanol–water partition coefficient (Wildman–Crippen LogP) is 2.02. The third kappa shape index (κ3) is 2.45. The van der Waals surface area contributed by atoms with Crippen molar-refractivity contribution in [3.8, 4) is 5.75 Å². The molecule has 6 heteroatoms. The molecule has 1 aromatic carbocycles. The first-order valence-electron chi connectivity index (χ1n) is 7.30. The van der Waals surface area contributed by atoms with E-state index in [1.165, 1.54) is 7.11 Å². The highest BCUT2D eigenvalue weighted by molar-refractivity contribution is 6.28. The molecule has 2 aliphatic rings. The normalized spacial score (nSPS) is 23.4. The molecule has 0 bridgehead atoms. The van der Waals surface area contributed by atoms with Gasteiger partial charge >= 0.3 is 5.97 Å². The number of aliphatic carboxylic acids is 1. The third-order valence-electron chi connectivity index (χ3n) is 4.20. The molecule has 0 amide bonds. The average Bonchev–Trinajstić information content (AvgIpc) is 2.50. The number of hydrogen-bond donors (Lipinski definition) is 1. The zero-order valence-electron chi connectivity index (χ0n) is 12.8. The van der Waals surface area contributed by atoms with Crippen molar-refractivity contribution in [2.24, 2.45) is 0 Å². The lowest BCUT2D eigenvalue weighted by Crippen LogP contribution is -2.38. The minimum absolute atomic E-state index is 0.132. The van der Waals surface area contributed by atoms with Crippen LogP contribution in [-0.2, 0) is 9.53 Å². The number of hydrogen-bond acceptors (Lipinski definition) is 5. The first-order valence-corrected chi connectivity index (χ1v) is 7.30. The first kappa shape index (κ1) is 15.4. The van der Waals surface area contributed by atoms with Gasteiger partial charge in [0.1, 0.15) is 5.75 Å². The average molecular weight is 316 g/mol. The van der Waals surface area contributed by atoms with Gasteiger partial charge in [-0.3, -0.25) is 14.4 Å². The van der Waals surface area contributed by atoms with E-state index < -0.39 is 18.2 Å². The van der Waals surface area contributed by atoms with Crippen molar-refractivity contribution in [2.75, 3.05) is 7.11 Å². The monoisotopic (exact) mass is 316 g/mol. The minimum atomic E-state index is -0.997. The van der Waals surface area contributed by atoms with Gasteiger partial charge in [0.05, 0.1) is 31.3 Å². The molecular weight excluding hydrogens is 300 g/mol. The smallest absolute Gasteiger partial charge is 0.305 e. The SMILES string of the molecule is COc1cccc2c1C(=O)C1=C(C[C@H](CC(=O)O)O[C@H]1C)C2=O. The van der Waals surface area contributed by atoms with Gasteiger partial charge in [-0.05, 0) is 13.0 Å².